The van der Waals surface area contributed by atoms with Crippen LogP contribution in [0.2, 0.25) is 0 Å². The molecule has 21 heavy (non-hydrogen) atoms. The number of nitrogens with two attached hydrogens (primary N) is 1. The summed E-state index contributed by atoms with van der Waals surface area (Å²) >= 11 is 0. The zero-order valence-corrected chi connectivity index (χ0v) is 13.5. The third-order valence-electron chi connectivity index (χ3n) is 3.54. The van der Waals surface area contributed by atoms with Crippen molar-refractivity contribution in [3.8, 4) is 0 Å². The molecule has 1 aromatic carbocycles. The van der Waals surface area contributed by atoms with Gasteiger partial charge in [-0.25, -0.2) is 8.42 Å². The van der Waals surface area contributed by atoms with Gasteiger partial charge in [-0.1, -0.05) is 6.07 Å². The number of hydrogen-bond acceptors (Lipinski definition) is 4. The van der Waals surface area contributed by atoms with Gasteiger partial charge in [-0.3, -0.25) is 4.68 Å². The van der Waals surface area contributed by atoms with Gasteiger partial charge in [0.25, 0.3) is 0 Å². The quantitative estimate of drug-likeness (QED) is 0.867. The predicted molar refractivity (Wildman–Crippen MR) is 82.2 cm³/mol. The molecule has 2 rings (SSSR count). The summed E-state index contributed by atoms with van der Waals surface area (Å²) < 4.78 is 28.4. The van der Waals surface area contributed by atoms with Crippen molar-refractivity contribution < 1.29 is 8.42 Å². The molecule has 0 unspecified atom stereocenters. The molecular formula is C14H20N4O2S. The van der Waals surface area contributed by atoms with E-state index in [2.05, 4.69) is 5.10 Å². The van der Waals surface area contributed by atoms with Gasteiger partial charge in [0, 0.05) is 32.4 Å². The molecule has 0 aliphatic rings. The molecule has 0 aliphatic heterocycles. The van der Waals surface area contributed by atoms with Gasteiger partial charge in [0.05, 0.1) is 11.9 Å². The molecule has 0 fully saturated rings. The molecule has 0 bridgehead atoms. The summed E-state index contributed by atoms with van der Waals surface area (Å²) in [5.74, 6) is 0. The standard InChI is InChI=1S/C14H20N4O2S/c1-10-5-6-13(15)14(11(10)2)21(19,20)18(4)9-12-7-16-17(3)8-12/h5-8H,9,15H2,1-4H3. The van der Waals surface area contributed by atoms with Crippen LogP contribution in [-0.2, 0) is 23.6 Å². The average Bonchev–Trinajstić information content (AvgIpc) is 2.79. The van der Waals surface area contributed by atoms with Gasteiger partial charge in [0.2, 0.25) is 10.0 Å². The van der Waals surface area contributed by atoms with Gasteiger partial charge >= 0.3 is 0 Å². The van der Waals surface area contributed by atoms with Gasteiger partial charge < -0.3 is 5.73 Å². The van der Waals surface area contributed by atoms with Crippen LogP contribution in [-0.4, -0.2) is 29.6 Å². The van der Waals surface area contributed by atoms with Crippen LogP contribution in [0, 0.1) is 13.8 Å². The molecule has 0 aliphatic carbocycles. The minimum absolute atomic E-state index is 0.189. The van der Waals surface area contributed by atoms with Crippen molar-refractivity contribution in [2.45, 2.75) is 25.3 Å². The first-order valence-electron chi connectivity index (χ1n) is 6.53. The summed E-state index contributed by atoms with van der Waals surface area (Å²) in [6.45, 7) is 3.90. The fourth-order valence-corrected chi connectivity index (χ4v) is 3.75. The number of anilines is 1. The molecule has 0 amide bonds. The highest BCUT2D eigenvalue weighted by Crippen LogP contribution is 2.28. The van der Waals surface area contributed by atoms with E-state index in [9.17, 15) is 8.42 Å². The van der Waals surface area contributed by atoms with Crippen molar-refractivity contribution in [2.75, 3.05) is 12.8 Å². The van der Waals surface area contributed by atoms with Crippen molar-refractivity contribution >= 4 is 15.7 Å². The lowest BCUT2D eigenvalue weighted by atomic mass is 10.1. The maximum Gasteiger partial charge on any atom is 0.245 e. The Morgan fingerprint density at radius 2 is 2.00 bits per heavy atom. The van der Waals surface area contributed by atoms with E-state index >= 15 is 0 Å². The van der Waals surface area contributed by atoms with Crippen molar-refractivity contribution in [1.82, 2.24) is 14.1 Å². The monoisotopic (exact) mass is 308 g/mol. The highest BCUT2D eigenvalue weighted by molar-refractivity contribution is 7.89. The number of sulfonamides is 1. The van der Waals surface area contributed by atoms with Crippen LogP contribution < -0.4 is 5.73 Å². The van der Waals surface area contributed by atoms with E-state index in [4.69, 9.17) is 5.73 Å². The number of aromatic nitrogens is 2. The van der Waals surface area contributed by atoms with E-state index in [1.807, 2.05) is 13.0 Å². The Morgan fingerprint density at radius 1 is 1.33 bits per heavy atom. The maximum absolute atomic E-state index is 12.8. The number of hydrogen-bond donors (Lipinski definition) is 1. The molecule has 2 aromatic rings. The van der Waals surface area contributed by atoms with Crippen LogP contribution in [0.1, 0.15) is 16.7 Å². The molecule has 0 saturated heterocycles. The first-order valence-corrected chi connectivity index (χ1v) is 7.97. The molecule has 0 spiro atoms. The minimum Gasteiger partial charge on any atom is -0.398 e. The first-order chi connectivity index (χ1) is 9.73. The minimum atomic E-state index is -3.64. The second-order valence-electron chi connectivity index (χ2n) is 5.21. The molecule has 0 radical (unpaired) electrons. The average molecular weight is 308 g/mol. The van der Waals surface area contributed by atoms with Crippen molar-refractivity contribution in [2.24, 2.45) is 7.05 Å². The number of rotatable bonds is 4. The molecule has 6 nitrogen and oxygen atoms in total. The van der Waals surface area contributed by atoms with Gasteiger partial charge in [0.15, 0.2) is 0 Å². The smallest absolute Gasteiger partial charge is 0.245 e. The van der Waals surface area contributed by atoms with Gasteiger partial charge in [-0.2, -0.15) is 9.40 Å². The Morgan fingerprint density at radius 3 is 2.57 bits per heavy atom. The zero-order valence-electron chi connectivity index (χ0n) is 12.7. The maximum atomic E-state index is 12.8. The van der Waals surface area contributed by atoms with Crippen LogP contribution in [0.15, 0.2) is 29.4 Å². The van der Waals surface area contributed by atoms with Crippen LogP contribution >= 0.6 is 0 Å². The van der Waals surface area contributed by atoms with Crippen LogP contribution in [0.3, 0.4) is 0 Å². The Bertz CT molecular complexity index is 765. The van der Waals surface area contributed by atoms with E-state index in [1.54, 1.807) is 44.2 Å². The zero-order chi connectivity index (χ0) is 15.8. The molecule has 1 aromatic heterocycles. The molecule has 7 heteroatoms. The number of nitrogen functional groups attached to an aromatic ring is 1. The lowest BCUT2D eigenvalue weighted by molar-refractivity contribution is 0.466. The van der Waals surface area contributed by atoms with E-state index in [1.165, 1.54) is 4.31 Å². The van der Waals surface area contributed by atoms with Crippen molar-refractivity contribution in [1.29, 1.82) is 0 Å². The molecule has 0 saturated carbocycles. The van der Waals surface area contributed by atoms with E-state index in [0.29, 0.717) is 5.56 Å². The van der Waals surface area contributed by atoms with Crippen LogP contribution in [0.4, 0.5) is 5.69 Å². The van der Waals surface area contributed by atoms with E-state index in [-0.39, 0.29) is 17.1 Å². The molecule has 2 N–H and O–H groups in total. The van der Waals surface area contributed by atoms with E-state index < -0.39 is 10.0 Å². The second-order valence-corrected chi connectivity index (χ2v) is 7.19. The molecule has 0 atom stereocenters. The lowest BCUT2D eigenvalue weighted by Crippen LogP contribution is -2.28. The number of aryl methyl sites for hydroxylation is 2. The fourth-order valence-electron chi connectivity index (χ4n) is 2.20. The summed E-state index contributed by atoms with van der Waals surface area (Å²) in [6.07, 6.45) is 3.44. The summed E-state index contributed by atoms with van der Waals surface area (Å²) in [7, 11) is -0.303. The summed E-state index contributed by atoms with van der Waals surface area (Å²) in [4.78, 5) is 0.189. The molecule has 114 valence electrons. The second kappa shape index (κ2) is 5.50. The Balaban J connectivity index is 2.40. The summed E-state index contributed by atoms with van der Waals surface area (Å²) in [6, 6.07) is 3.46. The summed E-state index contributed by atoms with van der Waals surface area (Å²) in [5.41, 5.74) is 8.58. The fraction of sp³-hybridized carbons (Fsp3) is 0.357. The van der Waals surface area contributed by atoms with Gasteiger partial charge in [-0.05, 0) is 31.0 Å². The highest BCUT2D eigenvalue weighted by atomic mass is 32.2. The predicted octanol–water partition coefficient (Wildman–Crippen LogP) is 1.44. The van der Waals surface area contributed by atoms with Gasteiger partial charge in [-0.15, -0.1) is 0 Å². The normalized spacial score (nSPS) is 12.0. The third-order valence-corrected chi connectivity index (χ3v) is 5.55. The lowest BCUT2D eigenvalue weighted by Gasteiger charge is -2.20. The molecule has 1 heterocycles. The van der Waals surface area contributed by atoms with Crippen LogP contribution in [0.25, 0.3) is 0 Å². The van der Waals surface area contributed by atoms with Crippen molar-refractivity contribution in [3.05, 3.63) is 41.2 Å². The molecular weight excluding hydrogens is 288 g/mol. The largest absolute Gasteiger partial charge is 0.398 e. The Labute approximate surface area is 125 Å². The van der Waals surface area contributed by atoms with E-state index in [0.717, 1.165) is 11.1 Å². The number of nitrogens with zero attached hydrogens (tertiary/aromatic N) is 3. The third kappa shape index (κ3) is 2.93. The Kier molecular flexibility index (Phi) is 4.06. The topological polar surface area (TPSA) is 81.2 Å². The number of benzene rings is 1. The van der Waals surface area contributed by atoms with Gasteiger partial charge in [0.1, 0.15) is 4.90 Å². The first kappa shape index (κ1) is 15.5. The SMILES string of the molecule is Cc1ccc(N)c(S(=O)(=O)N(C)Cc2cnn(C)c2)c1C. The summed E-state index contributed by atoms with van der Waals surface area (Å²) in [5, 5.41) is 4.04. The Hall–Kier alpha value is -1.86. The van der Waals surface area contributed by atoms with Crippen LogP contribution in [0.5, 0.6) is 0 Å². The highest BCUT2D eigenvalue weighted by Gasteiger charge is 2.26. The van der Waals surface area contributed by atoms with Crippen molar-refractivity contribution in [3.63, 3.8) is 0 Å².